The van der Waals surface area contributed by atoms with Crippen molar-refractivity contribution in [2.24, 2.45) is 0 Å². The second-order valence-electron chi connectivity index (χ2n) is 9.83. The Bertz CT molecular complexity index is 1730. The Kier molecular flexibility index (Phi) is 9.78. The predicted molar refractivity (Wildman–Crippen MR) is 156 cm³/mol. The first-order chi connectivity index (χ1) is 20.3. The summed E-state index contributed by atoms with van der Waals surface area (Å²) >= 11 is 5.86. The highest BCUT2D eigenvalue weighted by Gasteiger charge is 2.31. The van der Waals surface area contributed by atoms with Crippen molar-refractivity contribution in [2.75, 3.05) is 19.6 Å². The SMILES string of the molecule is CCCN(CC(=O)N(CCc1c[nH]c2ccccc12)Cc1ccc(C(F)(F)F)cc1)S(=O)(=O)c1ccc(Cl)c([N+](=O)[O-])c1. The number of benzene rings is 3. The molecule has 0 radical (unpaired) electrons. The zero-order valence-electron chi connectivity index (χ0n) is 23.0. The lowest BCUT2D eigenvalue weighted by atomic mass is 10.1. The number of aromatic nitrogens is 1. The molecule has 0 aliphatic heterocycles. The average Bonchev–Trinajstić information content (AvgIpc) is 3.37. The molecule has 0 saturated carbocycles. The number of fused-ring (bicyclic) bond motifs is 1. The molecule has 9 nitrogen and oxygen atoms in total. The van der Waals surface area contributed by atoms with E-state index in [1.54, 1.807) is 6.92 Å². The van der Waals surface area contributed by atoms with E-state index in [-0.39, 0.29) is 24.7 Å². The van der Waals surface area contributed by atoms with Crippen LogP contribution in [0, 0.1) is 10.1 Å². The molecule has 0 atom stereocenters. The lowest BCUT2D eigenvalue weighted by molar-refractivity contribution is -0.384. The molecule has 43 heavy (non-hydrogen) atoms. The van der Waals surface area contributed by atoms with Crippen LogP contribution >= 0.6 is 11.6 Å². The van der Waals surface area contributed by atoms with E-state index < -0.39 is 49.7 Å². The number of amides is 1. The van der Waals surface area contributed by atoms with Gasteiger partial charge >= 0.3 is 6.18 Å². The van der Waals surface area contributed by atoms with Crippen molar-refractivity contribution < 1.29 is 31.3 Å². The lowest BCUT2D eigenvalue weighted by Crippen LogP contribution is -2.43. The number of carbonyl (C=O) groups excluding carboxylic acids is 1. The molecule has 14 heteroatoms. The Hall–Kier alpha value is -3.94. The summed E-state index contributed by atoms with van der Waals surface area (Å²) in [5.41, 5.74) is 0.819. The van der Waals surface area contributed by atoms with Crippen molar-refractivity contribution in [3.05, 3.63) is 105 Å². The monoisotopic (exact) mass is 636 g/mol. The molecule has 3 aromatic carbocycles. The van der Waals surface area contributed by atoms with Crippen LogP contribution in [0.25, 0.3) is 10.9 Å². The molecule has 4 aromatic rings. The number of hydrogen-bond acceptors (Lipinski definition) is 5. The third-order valence-electron chi connectivity index (χ3n) is 6.87. The van der Waals surface area contributed by atoms with Crippen molar-refractivity contribution in [2.45, 2.75) is 37.4 Å². The molecule has 1 aromatic heterocycles. The number of para-hydroxylation sites is 1. The van der Waals surface area contributed by atoms with E-state index in [4.69, 9.17) is 11.6 Å². The quantitative estimate of drug-likeness (QED) is 0.142. The standard InChI is InChI=1S/C29H28ClF3N4O5S/c1-2-14-36(43(41,42)23-11-12-25(30)27(16-23)37(39)40)19-28(38)35(18-20-7-9-22(10-8-20)29(31,32)33)15-13-21-17-34-26-6-4-3-5-24(21)26/h3-12,16-17,34H,2,13-15,18-19H2,1H3. The maximum absolute atomic E-state index is 13.7. The first-order valence-corrected chi connectivity index (χ1v) is 15.1. The number of rotatable bonds is 12. The zero-order valence-corrected chi connectivity index (χ0v) is 24.5. The van der Waals surface area contributed by atoms with E-state index in [0.29, 0.717) is 18.4 Å². The van der Waals surface area contributed by atoms with Crippen molar-refractivity contribution >= 4 is 44.1 Å². The molecule has 0 unspecified atom stereocenters. The van der Waals surface area contributed by atoms with E-state index in [1.807, 2.05) is 30.5 Å². The van der Waals surface area contributed by atoms with Crippen molar-refractivity contribution in [1.82, 2.24) is 14.2 Å². The van der Waals surface area contributed by atoms with Crippen LogP contribution < -0.4 is 0 Å². The van der Waals surface area contributed by atoms with Gasteiger partial charge in [-0.25, -0.2) is 8.42 Å². The maximum atomic E-state index is 13.7. The highest BCUT2D eigenvalue weighted by molar-refractivity contribution is 7.89. The number of nitrogens with one attached hydrogen (secondary N) is 1. The van der Waals surface area contributed by atoms with Gasteiger partial charge in [0.15, 0.2) is 0 Å². The number of nitro benzene ring substituents is 1. The molecule has 0 spiro atoms. The fourth-order valence-corrected chi connectivity index (χ4v) is 6.32. The minimum Gasteiger partial charge on any atom is -0.361 e. The van der Waals surface area contributed by atoms with Crippen LogP contribution in [0.3, 0.4) is 0 Å². The number of hydrogen-bond donors (Lipinski definition) is 1. The molecule has 0 aliphatic carbocycles. The van der Waals surface area contributed by atoms with Gasteiger partial charge in [0.25, 0.3) is 5.69 Å². The molecular formula is C29H28ClF3N4O5S. The van der Waals surface area contributed by atoms with Gasteiger partial charge in [0.2, 0.25) is 15.9 Å². The number of halogens is 4. The van der Waals surface area contributed by atoms with Gasteiger partial charge in [-0.15, -0.1) is 0 Å². The summed E-state index contributed by atoms with van der Waals surface area (Å²) in [5, 5.41) is 12.1. The van der Waals surface area contributed by atoms with Crippen molar-refractivity contribution in [3.63, 3.8) is 0 Å². The molecule has 1 heterocycles. The van der Waals surface area contributed by atoms with Gasteiger partial charge in [-0.05, 0) is 54.3 Å². The third kappa shape index (κ3) is 7.53. The van der Waals surface area contributed by atoms with Gasteiger partial charge in [-0.3, -0.25) is 14.9 Å². The first-order valence-electron chi connectivity index (χ1n) is 13.2. The summed E-state index contributed by atoms with van der Waals surface area (Å²) in [6.45, 7) is 1.16. The van der Waals surface area contributed by atoms with Gasteiger partial charge in [0, 0.05) is 42.8 Å². The average molecular weight is 637 g/mol. The smallest absolute Gasteiger partial charge is 0.361 e. The summed E-state index contributed by atoms with van der Waals surface area (Å²) in [4.78, 5) is 28.4. The number of aromatic amines is 1. The van der Waals surface area contributed by atoms with E-state index in [1.165, 1.54) is 17.0 Å². The Morgan fingerprint density at radius 2 is 1.74 bits per heavy atom. The first kappa shape index (κ1) is 32.0. The molecule has 228 valence electrons. The summed E-state index contributed by atoms with van der Waals surface area (Å²) in [7, 11) is -4.35. The topological polar surface area (TPSA) is 117 Å². The summed E-state index contributed by atoms with van der Waals surface area (Å²) in [5.74, 6) is -0.583. The molecular weight excluding hydrogens is 609 g/mol. The molecule has 4 rings (SSSR count). The van der Waals surface area contributed by atoms with E-state index >= 15 is 0 Å². The summed E-state index contributed by atoms with van der Waals surface area (Å²) < 4.78 is 67.3. The lowest BCUT2D eigenvalue weighted by Gasteiger charge is -2.27. The zero-order chi connectivity index (χ0) is 31.4. The molecule has 1 N–H and O–H groups in total. The summed E-state index contributed by atoms with van der Waals surface area (Å²) in [6, 6.07) is 15.1. The molecule has 0 saturated heterocycles. The van der Waals surface area contributed by atoms with Crippen LogP contribution in [0.1, 0.15) is 30.0 Å². The molecule has 1 amide bonds. The van der Waals surface area contributed by atoms with Crippen LogP contribution in [0.4, 0.5) is 18.9 Å². The van der Waals surface area contributed by atoms with Gasteiger partial charge in [-0.1, -0.05) is 48.9 Å². The molecule has 0 aliphatic rings. The van der Waals surface area contributed by atoms with Crippen LogP contribution in [0.2, 0.25) is 5.02 Å². The number of alkyl halides is 3. The van der Waals surface area contributed by atoms with Gasteiger partial charge < -0.3 is 9.88 Å². The Labute approximate surface area is 251 Å². The van der Waals surface area contributed by atoms with E-state index in [2.05, 4.69) is 4.98 Å². The molecule has 0 bridgehead atoms. The second-order valence-corrected chi connectivity index (χ2v) is 12.2. The van der Waals surface area contributed by atoms with Crippen LogP contribution in [0.5, 0.6) is 0 Å². The fraction of sp³-hybridized carbons (Fsp3) is 0.276. The van der Waals surface area contributed by atoms with Crippen LogP contribution in [0.15, 0.2) is 77.8 Å². The third-order valence-corrected chi connectivity index (χ3v) is 9.03. The Morgan fingerprint density at radius 3 is 2.40 bits per heavy atom. The van der Waals surface area contributed by atoms with Gasteiger partial charge in [-0.2, -0.15) is 17.5 Å². The predicted octanol–water partition coefficient (Wildman–Crippen LogP) is 6.42. The van der Waals surface area contributed by atoms with Gasteiger partial charge in [0.05, 0.1) is 21.9 Å². The van der Waals surface area contributed by atoms with E-state index in [0.717, 1.165) is 51.1 Å². The maximum Gasteiger partial charge on any atom is 0.416 e. The fourth-order valence-electron chi connectivity index (χ4n) is 4.63. The second kappa shape index (κ2) is 13.1. The number of carbonyl (C=O) groups is 1. The largest absolute Gasteiger partial charge is 0.416 e. The highest BCUT2D eigenvalue weighted by atomic mass is 35.5. The van der Waals surface area contributed by atoms with Crippen LogP contribution in [-0.4, -0.2) is 53.1 Å². The van der Waals surface area contributed by atoms with E-state index in [9.17, 15) is 36.5 Å². The summed E-state index contributed by atoms with van der Waals surface area (Å²) in [6.07, 6.45) is -1.97. The van der Waals surface area contributed by atoms with Crippen molar-refractivity contribution in [1.29, 1.82) is 0 Å². The molecule has 0 fully saturated rings. The number of sulfonamides is 1. The Balaban J connectivity index is 1.62. The number of nitrogens with zero attached hydrogens (tertiary/aromatic N) is 3. The van der Waals surface area contributed by atoms with Crippen LogP contribution in [-0.2, 0) is 34.0 Å². The number of H-pyrrole nitrogens is 1. The minimum absolute atomic E-state index is 0.0545. The van der Waals surface area contributed by atoms with Crippen molar-refractivity contribution in [3.8, 4) is 0 Å². The van der Waals surface area contributed by atoms with Gasteiger partial charge in [0.1, 0.15) is 5.02 Å². The number of nitro groups is 1. The Morgan fingerprint density at radius 1 is 1.05 bits per heavy atom. The normalized spacial score (nSPS) is 12.1. The highest BCUT2D eigenvalue weighted by Crippen LogP contribution is 2.30. The minimum atomic E-state index is -4.52.